The van der Waals surface area contributed by atoms with Gasteiger partial charge in [0, 0.05) is 14.1 Å². The largest absolute Gasteiger partial charge is 0.494 e. The number of alkyl halides is 3. The molecule has 0 aromatic heterocycles. The molecule has 0 unspecified atom stereocenters. The van der Waals surface area contributed by atoms with Crippen molar-refractivity contribution < 1.29 is 27.3 Å². The minimum absolute atomic E-state index is 0.233. The predicted molar refractivity (Wildman–Crippen MR) is 85.2 cm³/mol. The van der Waals surface area contributed by atoms with Crippen LogP contribution in [0.5, 0.6) is 0 Å². The van der Waals surface area contributed by atoms with Crippen LogP contribution in [0.15, 0.2) is 18.2 Å². The molecule has 1 aromatic rings. The van der Waals surface area contributed by atoms with Crippen molar-refractivity contribution in [3.63, 3.8) is 0 Å². The van der Waals surface area contributed by atoms with Crippen LogP contribution in [-0.4, -0.2) is 43.2 Å². The van der Waals surface area contributed by atoms with Gasteiger partial charge in [-0.25, -0.2) is 0 Å². The highest BCUT2D eigenvalue weighted by Crippen LogP contribution is 2.37. The molecule has 1 aliphatic heterocycles. The van der Waals surface area contributed by atoms with E-state index in [1.165, 1.54) is 26.2 Å². The molecule has 1 aliphatic rings. The highest BCUT2D eigenvalue weighted by atomic mass is 19.4. The fourth-order valence-corrected chi connectivity index (χ4v) is 2.35. The highest BCUT2D eigenvalue weighted by molar-refractivity contribution is 6.62. The number of rotatable bonds is 2. The first-order valence-electron chi connectivity index (χ1n) is 7.55. The van der Waals surface area contributed by atoms with Crippen molar-refractivity contribution in [2.45, 2.75) is 45.1 Å². The number of hydrogen-bond acceptors (Lipinski definition) is 3. The predicted octanol–water partition coefficient (Wildman–Crippen LogP) is 2.71. The smallest absolute Gasteiger partial charge is 0.399 e. The van der Waals surface area contributed by atoms with Gasteiger partial charge in [0.2, 0.25) is 0 Å². The molecule has 1 heterocycles. The summed E-state index contributed by atoms with van der Waals surface area (Å²) in [5.41, 5.74) is -2.47. The van der Waals surface area contributed by atoms with Crippen molar-refractivity contribution in [3.05, 3.63) is 29.3 Å². The molecule has 1 aromatic carbocycles. The maximum atomic E-state index is 13.4. The average Bonchev–Trinajstić information content (AvgIpc) is 2.65. The van der Waals surface area contributed by atoms with E-state index in [0.717, 1.165) is 11.0 Å². The minimum Gasteiger partial charge on any atom is -0.399 e. The Hall–Kier alpha value is -1.54. The summed E-state index contributed by atoms with van der Waals surface area (Å²) in [4.78, 5) is 13.1. The van der Waals surface area contributed by atoms with E-state index in [0.29, 0.717) is 0 Å². The van der Waals surface area contributed by atoms with Crippen LogP contribution in [0.3, 0.4) is 0 Å². The van der Waals surface area contributed by atoms with E-state index < -0.39 is 41.5 Å². The number of amides is 1. The molecular weight excluding hydrogens is 322 g/mol. The molecule has 2 rings (SSSR count). The van der Waals surface area contributed by atoms with Crippen LogP contribution in [0.25, 0.3) is 0 Å². The van der Waals surface area contributed by atoms with Crippen LogP contribution in [0.4, 0.5) is 13.2 Å². The molecular formula is C16H21BF3NO3. The first kappa shape index (κ1) is 18.8. The maximum absolute atomic E-state index is 13.4. The Kier molecular flexibility index (Phi) is 4.52. The van der Waals surface area contributed by atoms with Gasteiger partial charge in [-0.3, -0.25) is 4.79 Å². The van der Waals surface area contributed by atoms with Gasteiger partial charge >= 0.3 is 13.3 Å². The first-order chi connectivity index (χ1) is 10.8. The number of hydrogen-bond donors (Lipinski definition) is 0. The summed E-state index contributed by atoms with van der Waals surface area (Å²) in [6.45, 7) is 7.28. The van der Waals surface area contributed by atoms with E-state index in [-0.39, 0.29) is 5.46 Å². The summed E-state index contributed by atoms with van der Waals surface area (Å²) >= 11 is 0. The standard InChI is InChI=1S/C16H21BF3NO3/c1-14(2)15(3,4)24-17(23-14)10-7-8-11(13(22)21(5)6)12(9-10)16(18,19)20/h7-9H,1-6H3. The van der Waals surface area contributed by atoms with E-state index >= 15 is 0 Å². The molecule has 0 saturated carbocycles. The lowest BCUT2D eigenvalue weighted by molar-refractivity contribution is -0.137. The molecule has 1 amide bonds. The van der Waals surface area contributed by atoms with Crippen molar-refractivity contribution in [1.29, 1.82) is 0 Å². The lowest BCUT2D eigenvalue weighted by Crippen LogP contribution is -2.41. The van der Waals surface area contributed by atoms with Crippen LogP contribution in [0, 0.1) is 0 Å². The van der Waals surface area contributed by atoms with Crippen LogP contribution in [0.2, 0.25) is 0 Å². The summed E-state index contributed by atoms with van der Waals surface area (Å²) in [5.74, 6) is -0.706. The summed E-state index contributed by atoms with van der Waals surface area (Å²) in [7, 11) is 1.90. The second kappa shape index (κ2) is 5.77. The Bertz CT molecular complexity index is 640. The fourth-order valence-electron chi connectivity index (χ4n) is 2.35. The van der Waals surface area contributed by atoms with Gasteiger partial charge in [0.05, 0.1) is 22.3 Å². The van der Waals surface area contributed by atoms with E-state index in [2.05, 4.69) is 0 Å². The van der Waals surface area contributed by atoms with Gasteiger partial charge in [-0.2, -0.15) is 13.2 Å². The number of carbonyl (C=O) groups excluding carboxylic acids is 1. The Morgan fingerprint density at radius 3 is 2.00 bits per heavy atom. The number of nitrogens with zero attached hydrogens (tertiary/aromatic N) is 1. The summed E-state index contributed by atoms with van der Waals surface area (Å²) in [6.07, 6.45) is -4.65. The van der Waals surface area contributed by atoms with Crippen molar-refractivity contribution in [3.8, 4) is 0 Å². The molecule has 0 N–H and O–H groups in total. The second-order valence-electron chi connectivity index (χ2n) is 7.09. The molecule has 1 saturated heterocycles. The van der Waals surface area contributed by atoms with Crippen LogP contribution >= 0.6 is 0 Å². The topological polar surface area (TPSA) is 38.8 Å². The maximum Gasteiger partial charge on any atom is 0.494 e. The van der Waals surface area contributed by atoms with Gasteiger partial charge in [-0.1, -0.05) is 6.07 Å². The van der Waals surface area contributed by atoms with E-state index in [1.54, 1.807) is 0 Å². The zero-order valence-corrected chi connectivity index (χ0v) is 14.6. The quantitative estimate of drug-likeness (QED) is 0.775. The normalized spacial score (nSPS) is 19.5. The van der Waals surface area contributed by atoms with Crippen molar-refractivity contribution in [2.24, 2.45) is 0 Å². The van der Waals surface area contributed by atoms with Gasteiger partial charge in [-0.15, -0.1) is 0 Å². The van der Waals surface area contributed by atoms with Crippen LogP contribution in [-0.2, 0) is 15.5 Å². The first-order valence-corrected chi connectivity index (χ1v) is 7.55. The molecule has 0 bridgehead atoms. The highest BCUT2D eigenvalue weighted by Gasteiger charge is 2.52. The number of halogens is 3. The lowest BCUT2D eigenvalue weighted by Gasteiger charge is -2.32. The Morgan fingerprint density at radius 1 is 1.08 bits per heavy atom. The van der Waals surface area contributed by atoms with Crippen molar-refractivity contribution in [1.82, 2.24) is 4.90 Å². The third-order valence-corrected chi connectivity index (χ3v) is 4.51. The average molecular weight is 343 g/mol. The third kappa shape index (κ3) is 3.30. The van der Waals surface area contributed by atoms with E-state index in [4.69, 9.17) is 9.31 Å². The number of carbonyl (C=O) groups is 1. The molecule has 4 nitrogen and oxygen atoms in total. The monoisotopic (exact) mass is 343 g/mol. The molecule has 1 fully saturated rings. The molecule has 132 valence electrons. The summed E-state index contributed by atoms with van der Waals surface area (Å²) in [5, 5.41) is 0. The summed E-state index contributed by atoms with van der Waals surface area (Å²) in [6, 6.07) is 3.54. The SMILES string of the molecule is CN(C)C(=O)c1ccc(B2OC(C)(C)C(C)(C)O2)cc1C(F)(F)F. The second-order valence-corrected chi connectivity index (χ2v) is 7.09. The van der Waals surface area contributed by atoms with E-state index in [1.807, 2.05) is 27.7 Å². The Labute approximate surface area is 140 Å². The zero-order chi connectivity index (χ0) is 18.5. The lowest BCUT2D eigenvalue weighted by atomic mass is 9.77. The molecule has 8 heteroatoms. The minimum atomic E-state index is -4.65. The van der Waals surface area contributed by atoms with E-state index in [9.17, 15) is 18.0 Å². The van der Waals surface area contributed by atoms with Crippen LogP contribution in [0.1, 0.15) is 43.6 Å². The molecule has 0 spiro atoms. The molecule has 24 heavy (non-hydrogen) atoms. The molecule has 0 radical (unpaired) electrons. The summed E-state index contributed by atoms with van der Waals surface area (Å²) < 4.78 is 51.7. The van der Waals surface area contributed by atoms with Gasteiger partial charge in [0.25, 0.3) is 5.91 Å². The van der Waals surface area contributed by atoms with Gasteiger partial charge in [0.15, 0.2) is 0 Å². The Morgan fingerprint density at radius 2 is 1.58 bits per heavy atom. The number of benzene rings is 1. The van der Waals surface area contributed by atoms with Gasteiger partial charge < -0.3 is 14.2 Å². The van der Waals surface area contributed by atoms with Gasteiger partial charge in [0.1, 0.15) is 0 Å². The Balaban J connectivity index is 2.47. The molecule has 0 aliphatic carbocycles. The van der Waals surface area contributed by atoms with Gasteiger partial charge in [-0.05, 0) is 45.3 Å². The zero-order valence-electron chi connectivity index (χ0n) is 14.6. The molecule has 0 atom stereocenters. The van der Waals surface area contributed by atoms with Crippen molar-refractivity contribution >= 4 is 18.5 Å². The van der Waals surface area contributed by atoms with Crippen LogP contribution < -0.4 is 5.46 Å². The third-order valence-electron chi connectivity index (χ3n) is 4.51. The fraction of sp³-hybridized carbons (Fsp3) is 0.562. The van der Waals surface area contributed by atoms with Crippen molar-refractivity contribution in [2.75, 3.05) is 14.1 Å².